The molecule has 1 aromatic carbocycles. The largest absolute Gasteiger partial charge is 0.353 e. The number of carbonyl (C=O) groups is 2. The predicted octanol–water partition coefficient (Wildman–Crippen LogP) is 2.15. The van der Waals surface area contributed by atoms with Crippen LogP contribution in [0.4, 0.5) is 11.5 Å². The van der Waals surface area contributed by atoms with Crippen LogP contribution in [0.5, 0.6) is 0 Å². The highest BCUT2D eigenvalue weighted by Crippen LogP contribution is 2.13. The number of amides is 2. The molecule has 2 amide bonds. The van der Waals surface area contributed by atoms with Crippen LogP contribution < -0.4 is 10.2 Å². The number of carbonyl (C=O) groups excluding carboxylic acids is 2. The van der Waals surface area contributed by atoms with Crippen LogP contribution in [0.15, 0.2) is 54.7 Å². The lowest BCUT2D eigenvalue weighted by Crippen LogP contribution is -2.49. The van der Waals surface area contributed by atoms with Crippen LogP contribution in [0.1, 0.15) is 12.8 Å². The molecule has 25 heavy (non-hydrogen) atoms. The monoisotopic (exact) mass is 338 g/mol. The van der Waals surface area contributed by atoms with Crippen molar-refractivity contribution < 1.29 is 9.59 Å². The van der Waals surface area contributed by atoms with Crippen LogP contribution >= 0.6 is 0 Å². The minimum atomic E-state index is -0.133. The van der Waals surface area contributed by atoms with Crippen molar-refractivity contribution in [3.63, 3.8) is 0 Å². The van der Waals surface area contributed by atoms with E-state index in [0.717, 1.165) is 24.6 Å². The summed E-state index contributed by atoms with van der Waals surface area (Å²) in [6.07, 6.45) is 2.22. The molecule has 1 saturated heterocycles. The summed E-state index contributed by atoms with van der Waals surface area (Å²) in [7, 11) is 0. The van der Waals surface area contributed by atoms with Gasteiger partial charge >= 0.3 is 0 Å². The molecule has 1 aromatic heterocycles. The number of nitrogens with zero attached hydrogens (tertiary/aromatic N) is 3. The molecule has 2 aromatic rings. The van der Waals surface area contributed by atoms with E-state index in [1.165, 1.54) is 0 Å². The first-order chi connectivity index (χ1) is 12.2. The van der Waals surface area contributed by atoms with Gasteiger partial charge in [0.2, 0.25) is 11.8 Å². The van der Waals surface area contributed by atoms with Gasteiger partial charge in [-0.2, -0.15) is 0 Å². The van der Waals surface area contributed by atoms with Crippen molar-refractivity contribution in [1.82, 2.24) is 9.88 Å². The zero-order valence-corrected chi connectivity index (χ0v) is 14.1. The first-order valence-corrected chi connectivity index (χ1v) is 8.51. The van der Waals surface area contributed by atoms with E-state index in [1.807, 2.05) is 53.4 Å². The second-order valence-corrected chi connectivity index (χ2v) is 5.97. The summed E-state index contributed by atoms with van der Waals surface area (Å²) in [6, 6.07) is 15.1. The molecule has 1 aliphatic rings. The van der Waals surface area contributed by atoms with Crippen molar-refractivity contribution in [2.75, 3.05) is 36.4 Å². The lowest BCUT2D eigenvalue weighted by molar-refractivity contribution is -0.133. The molecular weight excluding hydrogens is 316 g/mol. The third-order valence-electron chi connectivity index (χ3n) is 4.23. The molecule has 0 aliphatic carbocycles. The number of pyridine rings is 1. The van der Waals surface area contributed by atoms with Crippen molar-refractivity contribution in [3.8, 4) is 0 Å². The fourth-order valence-corrected chi connectivity index (χ4v) is 2.85. The smallest absolute Gasteiger partial charge is 0.224 e. The van der Waals surface area contributed by atoms with E-state index in [0.29, 0.717) is 13.1 Å². The Morgan fingerprint density at radius 3 is 2.32 bits per heavy atom. The van der Waals surface area contributed by atoms with E-state index in [2.05, 4.69) is 15.2 Å². The highest BCUT2D eigenvalue weighted by atomic mass is 16.2. The van der Waals surface area contributed by atoms with E-state index in [-0.39, 0.29) is 24.7 Å². The maximum atomic E-state index is 12.3. The number of benzene rings is 1. The SMILES string of the molecule is O=C(CCC(=O)N1CCN(c2ccccn2)CC1)Nc1ccccc1. The van der Waals surface area contributed by atoms with Gasteiger partial charge in [0.05, 0.1) is 0 Å². The molecule has 0 unspecified atom stereocenters. The van der Waals surface area contributed by atoms with Crippen LogP contribution in [0.3, 0.4) is 0 Å². The van der Waals surface area contributed by atoms with Gasteiger partial charge in [-0.05, 0) is 24.3 Å². The minimum absolute atomic E-state index is 0.0314. The second kappa shape index (κ2) is 8.28. The Morgan fingerprint density at radius 2 is 1.64 bits per heavy atom. The Labute approximate surface area is 147 Å². The fraction of sp³-hybridized carbons (Fsp3) is 0.316. The number of hydrogen-bond donors (Lipinski definition) is 1. The van der Waals surface area contributed by atoms with Crippen molar-refractivity contribution in [1.29, 1.82) is 0 Å². The van der Waals surface area contributed by atoms with Gasteiger partial charge in [0.25, 0.3) is 0 Å². The fourth-order valence-electron chi connectivity index (χ4n) is 2.85. The number of hydrogen-bond acceptors (Lipinski definition) is 4. The summed E-state index contributed by atoms with van der Waals surface area (Å²) < 4.78 is 0. The Kier molecular flexibility index (Phi) is 5.61. The summed E-state index contributed by atoms with van der Waals surface area (Å²) in [6.45, 7) is 2.85. The van der Waals surface area contributed by atoms with Gasteiger partial charge in [0, 0.05) is 50.9 Å². The molecule has 2 heterocycles. The normalized spacial score (nSPS) is 14.2. The summed E-state index contributed by atoms with van der Waals surface area (Å²) in [5.74, 6) is 0.840. The Balaban J connectivity index is 1.41. The van der Waals surface area contributed by atoms with Crippen LogP contribution in [-0.4, -0.2) is 47.9 Å². The average molecular weight is 338 g/mol. The van der Waals surface area contributed by atoms with Gasteiger partial charge in [-0.3, -0.25) is 9.59 Å². The molecule has 3 rings (SSSR count). The van der Waals surface area contributed by atoms with E-state index >= 15 is 0 Å². The minimum Gasteiger partial charge on any atom is -0.353 e. The molecule has 0 spiro atoms. The molecule has 130 valence electrons. The van der Waals surface area contributed by atoms with Gasteiger partial charge < -0.3 is 15.1 Å². The number of para-hydroxylation sites is 1. The molecular formula is C19H22N4O2. The summed E-state index contributed by atoms with van der Waals surface area (Å²) in [5, 5.41) is 2.80. The molecule has 1 aliphatic heterocycles. The van der Waals surface area contributed by atoms with E-state index in [9.17, 15) is 9.59 Å². The lowest BCUT2D eigenvalue weighted by Gasteiger charge is -2.35. The van der Waals surface area contributed by atoms with Crippen molar-refractivity contribution in [3.05, 3.63) is 54.7 Å². The Hall–Kier alpha value is -2.89. The van der Waals surface area contributed by atoms with Gasteiger partial charge in [0.15, 0.2) is 0 Å². The number of piperazine rings is 1. The van der Waals surface area contributed by atoms with Gasteiger partial charge in [-0.15, -0.1) is 0 Å². The molecule has 6 nitrogen and oxygen atoms in total. The number of anilines is 2. The van der Waals surface area contributed by atoms with Gasteiger partial charge in [0.1, 0.15) is 5.82 Å². The standard InChI is InChI=1S/C19H22N4O2/c24-18(21-16-6-2-1-3-7-16)9-10-19(25)23-14-12-22(13-15-23)17-8-4-5-11-20-17/h1-8,11H,9-10,12-15H2,(H,21,24). The van der Waals surface area contributed by atoms with E-state index < -0.39 is 0 Å². The summed E-state index contributed by atoms with van der Waals surface area (Å²) in [5.41, 5.74) is 0.754. The molecule has 0 saturated carbocycles. The van der Waals surface area contributed by atoms with Crippen molar-refractivity contribution >= 4 is 23.3 Å². The van der Waals surface area contributed by atoms with Gasteiger partial charge in [-0.1, -0.05) is 24.3 Å². The number of rotatable bonds is 5. The third kappa shape index (κ3) is 4.79. The quantitative estimate of drug-likeness (QED) is 0.907. The van der Waals surface area contributed by atoms with Gasteiger partial charge in [-0.25, -0.2) is 4.98 Å². The molecule has 6 heteroatoms. The van der Waals surface area contributed by atoms with Crippen molar-refractivity contribution in [2.45, 2.75) is 12.8 Å². The van der Waals surface area contributed by atoms with Crippen LogP contribution in [-0.2, 0) is 9.59 Å². The zero-order valence-electron chi connectivity index (χ0n) is 14.1. The highest BCUT2D eigenvalue weighted by molar-refractivity contribution is 5.93. The summed E-state index contributed by atoms with van der Waals surface area (Å²) in [4.78, 5) is 32.6. The molecule has 1 N–H and O–H groups in total. The first-order valence-electron chi connectivity index (χ1n) is 8.51. The zero-order chi connectivity index (χ0) is 17.5. The maximum absolute atomic E-state index is 12.3. The highest BCUT2D eigenvalue weighted by Gasteiger charge is 2.22. The lowest BCUT2D eigenvalue weighted by atomic mass is 10.2. The maximum Gasteiger partial charge on any atom is 0.224 e. The van der Waals surface area contributed by atoms with Crippen LogP contribution in [0.25, 0.3) is 0 Å². The third-order valence-corrected chi connectivity index (χ3v) is 4.23. The summed E-state index contributed by atoms with van der Waals surface area (Å²) >= 11 is 0. The van der Waals surface area contributed by atoms with E-state index in [4.69, 9.17) is 0 Å². The Morgan fingerprint density at radius 1 is 0.920 bits per heavy atom. The second-order valence-electron chi connectivity index (χ2n) is 5.97. The molecule has 0 atom stereocenters. The Bertz CT molecular complexity index is 698. The van der Waals surface area contributed by atoms with Crippen molar-refractivity contribution in [2.24, 2.45) is 0 Å². The van der Waals surface area contributed by atoms with Crippen LogP contribution in [0.2, 0.25) is 0 Å². The predicted molar refractivity (Wildman–Crippen MR) is 97.3 cm³/mol. The molecule has 0 radical (unpaired) electrons. The average Bonchev–Trinajstić information content (AvgIpc) is 2.68. The topological polar surface area (TPSA) is 65.5 Å². The number of aromatic nitrogens is 1. The van der Waals surface area contributed by atoms with E-state index in [1.54, 1.807) is 6.20 Å². The van der Waals surface area contributed by atoms with Crippen LogP contribution in [0, 0.1) is 0 Å². The number of nitrogens with one attached hydrogen (secondary N) is 1. The first kappa shape index (κ1) is 17.0. The molecule has 0 bridgehead atoms. The molecule has 1 fully saturated rings.